The number of amides is 3. The number of nitrogens with zero attached hydrogens (tertiary/aromatic N) is 1. The van der Waals surface area contributed by atoms with Crippen molar-refractivity contribution in [2.45, 2.75) is 6.42 Å². The summed E-state index contributed by atoms with van der Waals surface area (Å²) < 4.78 is 11.0. The van der Waals surface area contributed by atoms with Gasteiger partial charge in [-0.25, -0.2) is 0 Å². The van der Waals surface area contributed by atoms with Crippen LogP contribution in [0.15, 0.2) is 84.9 Å². The molecule has 1 aliphatic heterocycles. The maximum atomic E-state index is 13.3. The van der Waals surface area contributed by atoms with Crippen LogP contribution in [0.2, 0.25) is 0 Å². The zero-order valence-electron chi connectivity index (χ0n) is 20.7. The summed E-state index contributed by atoms with van der Waals surface area (Å²) in [6, 6.07) is 21.0. The highest BCUT2D eigenvalue weighted by Gasteiger charge is 2.67. The van der Waals surface area contributed by atoms with Crippen molar-refractivity contribution in [1.82, 2.24) is 0 Å². The van der Waals surface area contributed by atoms with Crippen LogP contribution in [0.4, 0.5) is 11.4 Å². The van der Waals surface area contributed by atoms with Gasteiger partial charge in [0.05, 0.1) is 24.6 Å². The minimum Gasteiger partial charge on any atom is -0.497 e. The molecule has 1 saturated heterocycles. The third-order valence-corrected chi connectivity index (χ3v) is 8.46. The first-order valence-corrected chi connectivity index (χ1v) is 12.9. The molecule has 190 valence electrons. The van der Waals surface area contributed by atoms with Gasteiger partial charge in [0.25, 0.3) is 5.91 Å². The van der Waals surface area contributed by atoms with Gasteiger partial charge >= 0.3 is 0 Å². The SMILES string of the molecule is COc1ccc(Oc2ccc(NC(=O)c3ccc(N4C(=O)[C@@H]5[C@H]6C=C[C@@H]([C@@H]7C[C@@H]67)[C@@H]5C4=O)cc3)cc2)cc1. The van der Waals surface area contributed by atoms with Crippen LogP contribution in [0.1, 0.15) is 16.8 Å². The molecule has 3 fully saturated rings. The Morgan fingerprint density at radius 3 is 1.84 bits per heavy atom. The molecule has 0 aromatic heterocycles. The third kappa shape index (κ3) is 3.61. The number of hydrogen-bond donors (Lipinski definition) is 1. The Morgan fingerprint density at radius 1 is 0.763 bits per heavy atom. The molecule has 2 bridgehead atoms. The molecular formula is C31H26N2O5. The van der Waals surface area contributed by atoms with E-state index in [1.165, 1.54) is 4.90 Å². The highest BCUT2D eigenvalue weighted by Crippen LogP contribution is 2.65. The van der Waals surface area contributed by atoms with Gasteiger partial charge in [-0.3, -0.25) is 19.3 Å². The van der Waals surface area contributed by atoms with E-state index in [-0.39, 0.29) is 41.4 Å². The molecule has 8 rings (SSSR count). The topological polar surface area (TPSA) is 84.9 Å². The number of benzene rings is 3. The Morgan fingerprint density at radius 2 is 1.29 bits per heavy atom. The van der Waals surface area contributed by atoms with Crippen molar-refractivity contribution in [2.24, 2.45) is 35.5 Å². The summed E-state index contributed by atoms with van der Waals surface area (Å²) in [6.45, 7) is 0. The van der Waals surface area contributed by atoms with Gasteiger partial charge in [0.2, 0.25) is 11.8 Å². The van der Waals surface area contributed by atoms with Crippen LogP contribution in [0.5, 0.6) is 17.2 Å². The fourth-order valence-corrected chi connectivity index (χ4v) is 6.56. The van der Waals surface area contributed by atoms with Crippen molar-refractivity contribution >= 4 is 29.1 Å². The van der Waals surface area contributed by atoms with Crippen LogP contribution >= 0.6 is 0 Å². The second-order valence-electron chi connectivity index (χ2n) is 10.5. The van der Waals surface area contributed by atoms with Crippen LogP contribution < -0.4 is 19.7 Å². The van der Waals surface area contributed by atoms with Gasteiger partial charge in [-0.15, -0.1) is 0 Å². The first-order valence-electron chi connectivity index (χ1n) is 12.9. The van der Waals surface area contributed by atoms with E-state index in [9.17, 15) is 14.4 Å². The van der Waals surface area contributed by atoms with Crippen LogP contribution in [-0.2, 0) is 9.59 Å². The molecule has 3 amide bonds. The lowest BCUT2D eigenvalue weighted by atomic mass is 9.63. The van der Waals surface area contributed by atoms with E-state index in [1.54, 1.807) is 55.6 Å². The van der Waals surface area contributed by atoms with Gasteiger partial charge < -0.3 is 14.8 Å². The van der Waals surface area contributed by atoms with Crippen LogP contribution in [0.25, 0.3) is 0 Å². The Balaban J connectivity index is 1.01. The van der Waals surface area contributed by atoms with Crippen molar-refractivity contribution in [3.8, 4) is 17.2 Å². The minimum atomic E-state index is -0.282. The summed E-state index contributed by atoms with van der Waals surface area (Å²) in [5.41, 5.74) is 1.59. The van der Waals surface area contributed by atoms with E-state index in [0.717, 1.165) is 12.2 Å². The molecule has 3 aromatic carbocycles. The molecule has 3 aromatic rings. The first kappa shape index (κ1) is 22.8. The highest BCUT2D eigenvalue weighted by atomic mass is 16.5. The van der Waals surface area contributed by atoms with E-state index in [4.69, 9.17) is 9.47 Å². The van der Waals surface area contributed by atoms with Gasteiger partial charge in [-0.1, -0.05) is 12.2 Å². The highest BCUT2D eigenvalue weighted by molar-refractivity contribution is 6.22. The van der Waals surface area contributed by atoms with Crippen molar-refractivity contribution < 1.29 is 23.9 Å². The molecule has 0 radical (unpaired) electrons. The lowest BCUT2D eigenvalue weighted by molar-refractivity contribution is -0.124. The zero-order chi connectivity index (χ0) is 26.0. The average Bonchev–Trinajstić information content (AvgIpc) is 3.73. The summed E-state index contributed by atoms with van der Waals surface area (Å²) in [6.07, 6.45) is 5.47. The van der Waals surface area contributed by atoms with E-state index >= 15 is 0 Å². The number of carbonyl (C=O) groups excluding carboxylic acids is 3. The number of hydrogen-bond acceptors (Lipinski definition) is 5. The van der Waals surface area contributed by atoms with E-state index in [1.807, 2.05) is 24.3 Å². The molecule has 4 aliphatic carbocycles. The normalized spacial score (nSPS) is 28.1. The number of rotatable bonds is 6. The first-order chi connectivity index (χ1) is 18.5. The number of methoxy groups -OCH3 is 1. The van der Waals surface area contributed by atoms with Crippen molar-refractivity contribution in [2.75, 3.05) is 17.3 Å². The summed E-state index contributed by atoms with van der Waals surface area (Å²) in [4.78, 5) is 40.8. The fourth-order valence-electron chi connectivity index (χ4n) is 6.56. The molecule has 5 aliphatic rings. The second kappa shape index (κ2) is 8.58. The van der Waals surface area contributed by atoms with Crippen molar-refractivity contribution in [1.29, 1.82) is 0 Å². The number of ether oxygens (including phenoxy) is 2. The van der Waals surface area contributed by atoms with Gasteiger partial charge in [-0.05, 0) is 103 Å². The Bertz CT molecular complexity index is 1430. The number of anilines is 2. The molecule has 0 spiro atoms. The number of carbonyl (C=O) groups is 3. The van der Waals surface area contributed by atoms with Gasteiger partial charge in [0, 0.05) is 11.3 Å². The fraction of sp³-hybridized carbons (Fsp3) is 0.258. The summed E-state index contributed by atoms with van der Waals surface area (Å²) in [5, 5.41) is 2.87. The standard InChI is InChI=1S/C31H26N2O5/c1-37-20-10-12-22(13-11-20)38-21-8-4-18(5-9-21)32-29(34)17-2-6-19(7-3-17)33-30(35)27-23-14-15-24(26-16-25(23)26)28(27)31(33)36/h2-15,23-28H,16H2,1H3,(H,32,34)/t23-,24-,25-,26-,27-,28+/m0/s1. The molecule has 2 saturated carbocycles. The van der Waals surface area contributed by atoms with Crippen LogP contribution in [-0.4, -0.2) is 24.8 Å². The summed E-state index contributed by atoms with van der Waals surface area (Å²) in [7, 11) is 1.61. The minimum absolute atomic E-state index is 0.0983. The zero-order valence-corrected chi connectivity index (χ0v) is 20.7. The lowest BCUT2D eigenvalue weighted by Gasteiger charge is -2.37. The van der Waals surface area contributed by atoms with Gasteiger partial charge in [-0.2, -0.15) is 0 Å². The molecule has 38 heavy (non-hydrogen) atoms. The number of nitrogens with one attached hydrogen (secondary N) is 1. The Kier molecular flexibility index (Phi) is 5.15. The van der Waals surface area contributed by atoms with Crippen molar-refractivity contribution in [3.63, 3.8) is 0 Å². The quantitative estimate of drug-likeness (QED) is 0.362. The molecule has 7 nitrogen and oxygen atoms in total. The molecule has 7 heteroatoms. The predicted molar refractivity (Wildman–Crippen MR) is 141 cm³/mol. The third-order valence-electron chi connectivity index (χ3n) is 8.46. The van der Waals surface area contributed by atoms with Gasteiger partial charge in [0.15, 0.2) is 0 Å². The second-order valence-corrected chi connectivity index (χ2v) is 10.5. The largest absolute Gasteiger partial charge is 0.497 e. The van der Waals surface area contributed by atoms with Crippen LogP contribution in [0, 0.1) is 35.5 Å². The smallest absolute Gasteiger partial charge is 0.255 e. The molecular weight excluding hydrogens is 480 g/mol. The Labute approximate surface area is 220 Å². The van der Waals surface area contributed by atoms with E-state index in [0.29, 0.717) is 40.3 Å². The lowest BCUT2D eigenvalue weighted by Crippen LogP contribution is -2.40. The predicted octanol–water partition coefficient (Wildman–Crippen LogP) is 5.30. The summed E-state index contributed by atoms with van der Waals surface area (Å²) in [5.74, 6) is 2.63. The molecule has 0 unspecified atom stereocenters. The maximum Gasteiger partial charge on any atom is 0.255 e. The van der Waals surface area contributed by atoms with Gasteiger partial charge in [0.1, 0.15) is 17.2 Å². The van der Waals surface area contributed by atoms with E-state index in [2.05, 4.69) is 17.5 Å². The Hall–Kier alpha value is -4.39. The molecule has 1 heterocycles. The van der Waals surface area contributed by atoms with E-state index < -0.39 is 0 Å². The monoisotopic (exact) mass is 506 g/mol. The maximum absolute atomic E-state index is 13.3. The summed E-state index contributed by atoms with van der Waals surface area (Å²) >= 11 is 0. The van der Waals surface area contributed by atoms with Crippen molar-refractivity contribution in [3.05, 3.63) is 90.5 Å². The molecule has 6 atom stereocenters. The number of imide groups is 1. The van der Waals surface area contributed by atoms with Crippen LogP contribution in [0.3, 0.4) is 0 Å². The molecule has 1 N–H and O–H groups in total. The average molecular weight is 507 g/mol. The number of allylic oxidation sites excluding steroid dienone is 2.